The van der Waals surface area contributed by atoms with Crippen molar-refractivity contribution in [2.75, 3.05) is 7.05 Å². The zero-order chi connectivity index (χ0) is 29.9. The first-order chi connectivity index (χ1) is 21.0. The second-order valence-corrected chi connectivity index (χ2v) is 11.0. The molecular weight excluding hydrogens is 524 g/mol. The number of rotatable bonds is 9. The summed E-state index contributed by atoms with van der Waals surface area (Å²) in [5.41, 5.74) is 9.81. The van der Waals surface area contributed by atoms with E-state index in [0.717, 1.165) is 73.0 Å². The molecule has 0 spiro atoms. The summed E-state index contributed by atoms with van der Waals surface area (Å²) in [5, 5.41) is 4.56. The first-order valence-electron chi connectivity index (χ1n) is 14.9. The van der Waals surface area contributed by atoms with E-state index in [0.29, 0.717) is 0 Å². The molecule has 0 radical (unpaired) electrons. The third kappa shape index (κ3) is 5.21. The number of hydrogen-bond donors (Lipinski definition) is 0. The summed E-state index contributed by atoms with van der Waals surface area (Å²) in [4.78, 5) is 13.6. The van der Waals surface area contributed by atoms with Crippen LogP contribution in [0.4, 0.5) is 0 Å². The fourth-order valence-corrected chi connectivity index (χ4v) is 5.87. The maximum Gasteiger partial charge on any atom is 0.140 e. The fourth-order valence-electron chi connectivity index (χ4n) is 5.87. The number of benzene rings is 4. The Kier molecular flexibility index (Phi) is 7.84. The van der Waals surface area contributed by atoms with E-state index >= 15 is 0 Å². The molecule has 0 N–H and O–H groups in total. The third-order valence-electron chi connectivity index (χ3n) is 8.08. The van der Waals surface area contributed by atoms with Gasteiger partial charge in [0, 0.05) is 42.1 Å². The minimum absolute atomic E-state index is 0.873. The van der Waals surface area contributed by atoms with Crippen molar-refractivity contribution < 1.29 is 0 Å². The van der Waals surface area contributed by atoms with Crippen molar-refractivity contribution >= 4 is 49.9 Å². The van der Waals surface area contributed by atoms with Crippen LogP contribution in [0.25, 0.3) is 60.5 Å². The highest BCUT2D eigenvalue weighted by atomic mass is 15.1. The molecule has 0 fully saturated rings. The van der Waals surface area contributed by atoms with Crippen LogP contribution in [0.5, 0.6) is 0 Å². The maximum absolute atomic E-state index is 5.26. The van der Waals surface area contributed by atoms with Crippen LogP contribution in [-0.4, -0.2) is 27.8 Å². The smallest absolute Gasteiger partial charge is 0.140 e. The van der Waals surface area contributed by atoms with Gasteiger partial charge in [0.2, 0.25) is 0 Å². The molecule has 43 heavy (non-hydrogen) atoms. The number of aliphatic imine (C=N–C) groups is 1. The van der Waals surface area contributed by atoms with E-state index in [1.807, 2.05) is 31.5 Å². The Morgan fingerprint density at radius 1 is 0.884 bits per heavy atom. The lowest BCUT2D eigenvalue weighted by atomic mass is 9.93. The second-order valence-electron chi connectivity index (χ2n) is 11.0. The van der Waals surface area contributed by atoms with E-state index in [-0.39, 0.29) is 0 Å². The molecule has 2 aromatic heterocycles. The van der Waals surface area contributed by atoms with Crippen molar-refractivity contribution in [3.8, 4) is 16.8 Å². The molecule has 0 saturated heterocycles. The predicted octanol–water partition coefficient (Wildman–Crippen LogP) is 10.0. The normalized spacial score (nSPS) is 12.1. The Balaban J connectivity index is 1.71. The Hall–Kier alpha value is -5.09. The van der Waals surface area contributed by atoms with Gasteiger partial charge in [-0.1, -0.05) is 69.0 Å². The van der Waals surface area contributed by atoms with Gasteiger partial charge >= 0.3 is 0 Å². The van der Waals surface area contributed by atoms with E-state index < -0.39 is 0 Å². The molecule has 4 aromatic carbocycles. The molecule has 212 valence electrons. The number of hydrogen-bond acceptors (Lipinski definition) is 3. The summed E-state index contributed by atoms with van der Waals surface area (Å²) in [6, 6.07) is 26.4. The molecule has 0 atom stereocenters. The van der Waals surface area contributed by atoms with Crippen molar-refractivity contribution in [1.29, 1.82) is 0 Å². The van der Waals surface area contributed by atoms with E-state index in [2.05, 4.69) is 107 Å². The van der Waals surface area contributed by atoms with Crippen molar-refractivity contribution in [2.45, 2.75) is 33.1 Å². The van der Waals surface area contributed by atoms with E-state index in [1.54, 1.807) is 13.3 Å². The monoisotopic (exact) mass is 560 g/mol. The van der Waals surface area contributed by atoms with Gasteiger partial charge < -0.3 is 0 Å². The highest BCUT2D eigenvalue weighted by Crippen LogP contribution is 2.40. The third-order valence-corrected chi connectivity index (χ3v) is 8.08. The van der Waals surface area contributed by atoms with Crippen LogP contribution in [0.1, 0.15) is 43.6 Å². The van der Waals surface area contributed by atoms with Gasteiger partial charge in [-0.3, -0.25) is 14.5 Å². The lowest BCUT2D eigenvalue weighted by Crippen LogP contribution is -2.00. The number of fused-ring (bicyclic) bond motifs is 6. The number of aryl methyl sites for hydroxylation is 1. The summed E-state index contributed by atoms with van der Waals surface area (Å²) in [7, 11) is 1.77. The Labute approximate surface area is 253 Å². The SMILES string of the molecule is C=C/C(=C\C=NC)c1ccc2c(c1)c1cc(-c3ccncc3)ccc1c1c2nc(C(=C)C)n1-c1ccc(CCCC)cc1. The first kappa shape index (κ1) is 28.0. The van der Waals surface area contributed by atoms with Crippen LogP contribution in [0.15, 0.2) is 115 Å². The van der Waals surface area contributed by atoms with E-state index in [9.17, 15) is 0 Å². The van der Waals surface area contributed by atoms with Crippen LogP contribution in [0, 0.1) is 0 Å². The molecule has 6 rings (SSSR count). The summed E-state index contributed by atoms with van der Waals surface area (Å²) < 4.78 is 2.29. The molecule has 6 aromatic rings. The molecule has 4 heteroatoms. The van der Waals surface area contributed by atoms with E-state index in [4.69, 9.17) is 4.98 Å². The number of unbranched alkanes of at least 4 members (excludes halogenated alkanes) is 1. The number of nitrogens with zero attached hydrogens (tertiary/aromatic N) is 4. The van der Waals surface area contributed by atoms with Gasteiger partial charge in [0.1, 0.15) is 5.82 Å². The Morgan fingerprint density at radius 3 is 2.33 bits per heavy atom. The minimum Gasteiger partial charge on any atom is -0.296 e. The largest absolute Gasteiger partial charge is 0.296 e. The van der Waals surface area contributed by atoms with Gasteiger partial charge in [-0.15, -0.1) is 0 Å². The van der Waals surface area contributed by atoms with Crippen molar-refractivity contribution in [3.05, 3.63) is 127 Å². The van der Waals surface area contributed by atoms with Crippen molar-refractivity contribution in [2.24, 2.45) is 4.99 Å². The van der Waals surface area contributed by atoms with Crippen molar-refractivity contribution in [3.63, 3.8) is 0 Å². The van der Waals surface area contributed by atoms with Crippen LogP contribution in [0.2, 0.25) is 0 Å². The van der Waals surface area contributed by atoms with Gasteiger partial charge in [0.25, 0.3) is 0 Å². The fraction of sp³-hybridized carbons (Fsp3) is 0.154. The summed E-state index contributed by atoms with van der Waals surface area (Å²) in [6.07, 6.45) is 12.8. The lowest BCUT2D eigenvalue weighted by molar-refractivity contribution is 0.795. The number of imidazole rings is 1. The van der Waals surface area contributed by atoms with Gasteiger partial charge in [-0.05, 0) is 106 Å². The molecule has 0 aliphatic carbocycles. The predicted molar refractivity (Wildman–Crippen MR) is 185 cm³/mol. The summed E-state index contributed by atoms with van der Waals surface area (Å²) in [6.45, 7) is 12.7. The van der Waals surface area contributed by atoms with E-state index in [1.165, 1.54) is 23.8 Å². The summed E-state index contributed by atoms with van der Waals surface area (Å²) in [5.74, 6) is 0.873. The zero-order valence-corrected chi connectivity index (χ0v) is 25.1. The lowest BCUT2D eigenvalue weighted by Gasteiger charge is -2.14. The molecule has 0 bridgehead atoms. The maximum atomic E-state index is 5.26. The average Bonchev–Trinajstić information content (AvgIpc) is 3.46. The van der Waals surface area contributed by atoms with Gasteiger partial charge in [-0.25, -0.2) is 4.98 Å². The molecule has 2 heterocycles. The minimum atomic E-state index is 0.873. The molecular formula is C39H36N4. The number of allylic oxidation sites excluding steroid dienone is 4. The number of pyridine rings is 1. The Bertz CT molecular complexity index is 2040. The quantitative estimate of drug-likeness (QED) is 0.100. The molecule has 0 unspecified atom stereocenters. The molecule has 0 saturated carbocycles. The molecule has 4 nitrogen and oxygen atoms in total. The van der Waals surface area contributed by atoms with Crippen LogP contribution in [-0.2, 0) is 6.42 Å². The summed E-state index contributed by atoms with van der Waals surface area (Å²) >= 11 is 0. The van der Waals surface area contributed by atoms with Crippen LogP contribution < -0.4 is 0 Å². The molecule has 0 aliphatic heterocycles. The molecule has 0 amide bonds. The second kappa shape index (κ2) is 12.0. The zero-order valence-electron chi connectivity index (χ0n) is 25.1. The molecule has 0 aliphatic rings. The topological polar surface area (TPSA) is 43.1 Å². The van der Waals surface area contributed by atoms with Gasteiger partial charge in [0.05, 0.1) is 11.0 Å². The highest BCUT2D eigenvalue weighted by molar-refractivity contribution is 6.25. The van der Waals surface area contributed by atoms with Crippen LogP contribution >= 0.6 is 0 Å². The van der Waals surface area contributed by atoms with Crippen LogP contribution in [0.3, 0.4) is 0 Å². The first-order valence-corrected chi connectivity index (χ1v) is 14.9. The highest BCUT2D eigenvalue weighted by Gasteiger charge is 2.20. The Morgan fingerprint density at radius 2 is 1.63 bits per heavy atom. The van der Waals surface area contributed by atoms with Crippen molar-refractivity contribution in [1.82, 2.24) is 14.5 Å². The average molecular weight is 561 g/mol. The number of aromatic nitrogens is 3. The van der Waals surface area contributed by atoms with Gasteiger partial charge in [-0.2, -0.15) is 0 Å². The van der Waals surface area contributed by atoms with Gasteiger partial charge in [0.15, 0.2) is 0 Å². The standard InChI is InChI=1S/C39H36N4/c1-6-8-9-27-10-14-32(15-11-27)43-38-34-17-13-31(29-19-22-41-23-20-29)25-36(34)35-24-30(28(7-2)18-21-40-5)12-16-33(35)37(38)42-39(43)26(3)4/h7,10-25H,2-3,6,8-9H2,1,4-5H3/b28-18+,40-21?.